The maximum atomic E-state index is 5.36. The van der Waals surface area contributed by atoms with Gasteiger partial charge < -0.3 is 14.8 Å². The molecule has 0 saturated heterocycles. The molecule has 0 aromatic heterocycles. The maximum Gasteiger partial charge on any atom is 0.127 e. The molecular weight excluding hydrogens is 282 g/mol. The van der Waals surface area contributed by atoms with E-state index >= 15 is 0 Å². The number of methoxy groups -OCH3 is 2. The molecule has 1 atom stereocenters. The Balaban J connectivity index is 2.84. The third-order valence-corrected chi connectivity index (χ3v) is 2.79. The molecule has 1 rings (SSSR count). The maximum absolute atomic E-state index is 5.36. The van der Waals surface area contributed by atoms with Gasteiger partial charge in [-0.2, -0.15) is 0 Å². The van der Waals surface area contributed by atoms with Crippen molar-refractivity contribution in [3.8, 4) is 11.5 Å². The minimum atomic E-state index is 0.185. The fraction of sp³-hybridized carbons (Fsp3) is 0.385. The van der Waals surface area contributed by atoms with E-state index in [-0.39, 0.29) is 6.04 Å². The van der Waals surface area contributed by atoms with Crippen LogP contribution in [0.1, 0.15) is 18.5 Å². The van der Waals surface area contributed by atoms with Crippen molar-refractivity contribution in [1.82, 2.24) is 5.32 Å². The van der Waals surface area contributed by atoms with E-state index in [9.17, 15) is 0 Å². The molecule has 0 fully saturated rings. The van der Waals surface area contributed by atoms with E-state index in [0.717, 1.165) is 28.1 Å². The van der Waals surface area contributed by atoms with E-state index in [0.29, 0.717) is 0 Å². The van der Waals surface area contributed by atoms with Crippen molar-refractivity contribution in [2.24, 2.45) is 0 Å². The van der Waals surface area contributed by atoms with Crippen LogP contribution < -0.4 is 14.8 Å². The van der Waals surface area contributed by atoms with Gasteiger partial charge in [0.2, 0.25) is 0 Å². The van der Waals surface area contributed by atoms with Crippen LogP contribution in [0.25, 0.3) is 0 Å². The minimum Gasteiger partial charge on any atom is -0.497 e. The van der Waals surface area contributed by atoms with Gasteiger partial charge in [0, 0.05) is 28.7 Å². The molecule has 3 nitrogen and oxygen atoms in total. The molecule has 94 valence electrons. The van der Waals surface area contributed by atoms with Crippen molar-refractivity contribution >= 4 is 15.9 Å². The number of benzene rings is 1. The standard InChI is InChI=1S/C13H18BrNO2/c1-9(14)8-15-10(2)12-6-5-11(16-3)7-13(12)17-4/h5-7,10,15H,1,8H2,2-4H3. The Kier molecular flexibility index (Phi) is 5.51. The van der Waals surface area contributed by atoms with Gasteiger partial charge in [-0.3, -0.25) is 0 Å². The molecule has 4 heteroatoms. The summed E-state index contributed by atoms with van der Waals surface area (Å²) in [6.45, 7) is 6.60. The van der Waals surface area contributed by atoms with Crippen molar-refractivity contribution < 1.29 is 9.47 Å². The highest BCUT2D eigenvalue weighted by atomic mass is 79.9. The third kappa shape index (κ3) is 4.06. The van der Waals surface area contributed by atoms with Gasteiger partial charge in [0.25, 0.3) is 0 Å². The molecule has 17 heavy (non-hydrogen) atoms. The lowest BCUT2D eigenvalue weighted by atomic mass is 10.1. The lowest BCUT2D eigenvalue weighted by Gasteiger charge is -2.17. The van der Waals surface area contributed by atoms with Crippen LogP contribution in [0.2, 0.25) is 0 Å². The first-order valence-corrected chi connectivity index (χ1v) is 6.16. The fourth-order valence-corrected chi connectivity index (χ4v) is 1.71. The largest absolute Gasteiger partial charge is 0.497 e. The second kappa shape index (κ2) is 6.67. The number of hydrogen-bond acceptors (Lipinski definition) is 3. The summed E-state index contributed by atoms with van der Waals surface area (Å²) in [4.78, 5) is 0. The van der Waals surface area contributed by atoms with E-state index < -0.39 is 0 Å². The summed E-state index contributed by atoms with van der Waals surface area (Å²) in [6, 6.07) is 6.01. The summed E-state index contributed by atoms with van der Waals surface area (Å²) in [5, 5.41) is 3.34. The summed E-state index contributed by atoms with van der Waals surface area (Å²) >= 11 is 3.33. The average molecular weight is 300 g/mol. The number of rotatable bonds is 6. The Morgan fingerprint density at radius 2 is 2.12 bits per heavy atom. The van der Waals surface area contributed by atoms with E-state index in [1.165, 1.54) is 0 Å². The first-order chi connectivity index (χ1) is 8.08. The predicted octanol–water partition coefficient (Wildman–Crippen LogP) is 3.26. The molecule has 0 saturated carbocycles. The quantitative estimate of drug-likeness (QED) is 0.874. The topological polar surface area (TPSA) is 30.5 Å². The van der Waals surface area contributed by atoms with Gasteiger partial charge >= 0.3 is 0 Å². The van der Waals surface area contributed by atoms with E-state index in [1.54, 1.807) is 14.2 Å². The van der Waals surface area contributed by atoms with Crippen LogP contribution in [0.15, 0.2) is 29.3 Å². The number of halogens is 1. The summed E-state index contributed by atoms with van der Waals surface area (Å²) in [5.41, 5.74) is 1.10. The van der Waals surface area contributed by atoms with Crippen LogP contribution in [0.4, 0.5) is 0 Å². The van der Waals surface area contributed by atoms with Crippen LogP contribution in [0, 0.1) is 0 Å². The zero-order chi connectivity index (χ0) is 12.8. The van der Waals surface area contributed by atoms with Crippen molar-refractivity contribution in [1.29, 1.82) is 0 Å². The Morgan fingerprint density at radius 1 is 1.41 bits per heavy atom. The zero-order valence-corrected chi connectivity index (χ0v) is 12.0. The second-order valence-corrected chi connectivity index (χ2v) is 4.85. The van der Waals surface area contributed by atoms with Crippen molar-refractivity contribution in [2.75, 3.05) is 20.8 Å². The monoisotopic (exact) mass is 299 g/mol. The number of hydrogen-bond donors (Lipinski definition) is 1. The van der Waals surface area contributed by atoms with Gasteiger partial charge in [-0.05, 0) is 13.0 Å². The van der Waals surface area contributed by atoms with Gasteiger partial charge in [0.1, 0.15) is 11.5 Å². The van der Waals surface area contributed by atoms with Crippen LogP contribution in [0.5, 0.6) is 11.5 Å². The summed E-state index contributed by atoms with van der Waals surface area (Å²) < 4.78 is 11.5. The van der Waals surface area contributed by atoms with Crippen LogP contribution in [0.3, 0.4) is 0 Å². The van der Waals surface area contributed by atoms with Crippen LogP contribution in [-0.2, 0) is 0 Å². The Labute approximate surface area is 111 Å². The van der Waals surface area contributed by atoms with Gasteiger partial charge in [-0.1, -0.05) is 28.6 Å². The molecule has 0 aliphatic rings. The van der Waals surface area contributed by atoms with Gasteiger partial charge in [0.15, 0.2) is 0 Å². The highest BCUT2D eigenvalue weighted by Crippen LogP contribution is 2.29. The Hall–Kier alpha value is -1.00. The van der Waals surface area contributed by atoms with E-state index in [1.807, 2.05) is 18.2 Å². The smallest absolute Gasteiger partial charge is 0.127 e. The molecule has 0 aliphatic carbocycles. The molecule has 0 heterocycles. The van der Waals surface area contributed by atoms with Gasteiger partial charge in [0.05, 0.1) is 14.2 Å². The lowest BCUT2D eigenvalue weighted by molar-refractivity contribution is 0.386. The molecule has 0 bridgehead atoms. The number of ether oxygens (including phenoxy) is 2. The summed E-state index contributed by atoms with van der Waals surface area (Å²) in [5.74, 6) is 1.62. The Morgan fingerprint density at radius 3 is 2.65 bits per heavy atom. The summed E-state index contributed by atoms with van der Waals surface area (Å²) in [6.07, 6.45) is 0. The first-order valence-electron chi connectivity index (χ1n) is 5.37. The zero-order valence-electron chi connectivity index (χ0n) is 10.4. The second-order valence-electron chi connectivity index (χ2n) is 3.73. The molecular formula is C13H18BrNO2. The molecule has 0 amide bonds. The van der Waals surface area contributed by atoms with Crippen LogP contribution >= 0.6 is 15.9 Å². The van der Waals surface area contributed by atoms with Gasteiger partial charge in [-0.25, -0.2) is 0 Å². The molecule has 0 radical (unpaired) electrons. The minimum absolute atomic E-state index is 0.185. The third-order valence-electron chi connectivity index (χ3n) is 2.51. The summed E-state index contributed by atoms with van der Waals surface area (Å²) in [7, 11) is 3.30. The molecule has 1 aromatic rings. The molecule has 0 spiro atoms. The molecule has 1 N–H and O–H groups in total. The Bertz CT molecular complexity index is 393. The molecule has 1 aromatic carbocycles. The van der Waals surface area contributed by atoms with Crippen molar-refractivity contribution in [2.45, 2.75) is 13.0 Å². The number of nitrogens with one attached hydrogen (secondary N) is 1. The van der Waals surface area contributed by atoms with E-state index in [4.69, 9.17) is 9.47 Å². The van der Waals surface area contributed by atoms with Crippen molar-refractivity contribution in [3.63, 3.8) is 0 Å². The van der Waals surface area contributed by atoms with Gasteiger partial charge in [-0.15, -0.1) is 0 Å². The fourth-order valence-electron chi connectivity index (χ4n) is 1.55. The predicted molar refractivity (Wildman–Crippen MR) is 74.0 cm³/mol. The SMILES string of the molecule is C=C(Br)CNC(C)c1ccc(OC)cc1OC. The molecule has 1 unspecified atom stereocenters. The normalized spacial score (nSPS) is 12.0. The van der Waals surface area contributed by atoms with E-state index in [2.05, 4.69) is 34.7 Å². The lowest BCUT2D eigenvalue weighted by Crippen LogP contribution is -2.20. The highest BCUT2D eigenvalue weighted by molar-refractivity contribution is 9.11. The average Bonchev–Trinajstić information content (AvgIpc) is 2.34. The highest BCUT2D eigenvalue weighted by Gasteiger charge is 2.11. The van der Waals surface area contributed by atoms with Crippen molar-refractivity contribution in [3.05, 3.63) is 34.8 Å². The van der Waals surface area contributed by atoms with Crippen LogP contribution in [-0.4, -0.2) is 20.8 Å². The molecule has 0 aliphatic heterocycles. The first kappa shape index (κ1) is 14.1.